The summed E-state index contributed by atoms with van der Waals surface area (Å²) in [5.74, 6) is -0.390. The first-order valence-electron chi connectivity index (χ1n) is 8.81. The number of hydrogen-bond donors (Lipinski definition) is 1. The van der Waals surface area contributed by atoms with Crippen molar-refractivity contribution in [3.05, 3.63) is 24.3 Å². The summed E-state index contributed by atoms with van der Waals surface area (Å²) in [7, 11) is -6.76. The number of carbonyl (C=O) groups is 1. The fraction of sp³-hybridized carbons (Fsp3) is 0.588. The predicted octanol–water partition coefficient (Wildman–Crippen LogP) is 1.77. The van der Waals surface area contributed by atoms with Crippen LogP contribution in [0.4, 0.5) is 5.69 Å². The van der Waals surface area contributed by atoms with Gasteiger partial charge in [-0.15, -0.1) is 0 Å². The largest absolute Gasteiger partial charge is 0.325 e. The minimum Gasteiger partial charge on any atom is -0.325 e. The van der Waals surface area contributed by atoms with Crippen LogP contribution < -0.4 is 5.32 Å². The van der Waals surface area contributed by atoms with E-state index in [1.54, 1.807) is 12.1 Å². The van der Waals surface area contributed by atoms with Gasteiger partial charge in [-0.1, -0.05) is 12.8 Å². The van der Waals surface area contributed by atoms with Gasteiger partial charge >= 0.3 is 0 Å². The zero-order valence-electron chi connectivity index (χ0n) is 14.7. The Labute approximate surface area is 154 Å². The molecule has 1 aliphatic carbocycles. The van der Waals surface area contributed by atoms with Gasteiger partial charge in [-0.25, -0.2) is 16.8 Å². The van der Waals surface area contributed by atoms with E-state index in [1.165, 1.54) is 16.4 Å². The highest BCUT2D eigenvalue weighted by molar-refractivity contribution is 7.92. The number of carbonyl (C=O) groups excluding carboxylic acids is 1. The van der Waals surface area contributed by atoms with Crippen LogP contribution in [-0.4, -0.2) is 51.1 Å². The van der Waals surface area contributed by atoms with Gasteiger partial charge < -0.3 is 5.32 Å². The maximum atomic E-state index is 12.6. The van der Waals surface area contributed by atoms with Gasteiger partial charge in [-0.2, -0.15) is 4.31 Å². The molecule has 26 heavy (non-hydrogen) atoms. The normalized spacial score (nSPS) is 22.6. The standard InChI is InChI=1S/C17H24N2O5S2/c1-25(21,22)19-12-4-7-16(19)17(20)18-13-8-10-15(11-9-13)26(23,24)14-5-2-3-6-14/h8-11,14,16H,2-7,12H2,1H3,(H,18,20). The maximum Gasteiger partial charge on any atom is 0.242 e. The molecule has 1 heterocycles. The first-order valence-corrected chi connectivity index (χ1v) is 12.2. The van der Waals surface area contributed by atoms with Crippen LogP contribution in [-0.2, 0) is 24.7 Å². The van der Waals surface area contributed by atoms with Gasteiger partial charge in [0.25, 0.3) is 0 Å². The van der Waals surface area contributed by atoms with Gasteiger partial charge in [0, 0.05) is 12.2 Å². The van der Waals surface area contributed by atoms with E-state index in [4.69, 9.17) is 0 Å². The van der Waals surface area contributed by atoms with E-state index in [2.05, 4.69) is 5.32 Å². The minimum absolute atomic E-state index is 0.265. The summed E-state index contributed by atoms with van der Waals surface area (Å²) in [4.78, 5) is 12.7. The zero-order valence-corrected chi connectivity index (χ0v) is 16.4. The number of nitrogens with one attached hydrogen (secondary N) is 1. The molecule has 1 unspecified atom stereocenters. The molecule has 9 heteroatoms. The number of hydrogen-bond acceptors (Lipinski definition) is 5. The number of nitrogens with zero attached hydrogens (tertiary/aromatic N) is 1. The summed E-state index contributed by atoms with van der Waals surface area (Å²) in [6, 6.07) is 5.41. The molecule has 1 amide bonds. The summed E-state index contributed by atoms with van der Waals surface area (Å²) in [6.07, 6.45) is 5.50. The van der Waals surface area contributed by atoms with Crippen LogP contribution in [0, 0.1) is 0 Å². The summed E-state index contributed by atoms with van der Waals surface area (Å²) in [6.45, 7) is 0.343. The fourth-order valence-corrected chi connectivity index (χ4v) is 6.72. The van der Waals surface area contributed by atoms with E-state index < -0.39 is 25.9 Å². The second-order valence-corrected chi connectivity index (χ2v) is 11.2. The summed E-state index contributed by atoms with van der Waals surface area (Å²) in [5.41, 5.74) is 0.459. The second-order valence-electron chi connectivity index (χ2n) is 7.00. The smallest absolute Gasteiger partial charge is 0.242 e. The third-order valence-electron chi connectivity index (χ3n) is 5.12. The molecule has 0 spiro atoms. The number of amides is 1. The van der Waals surface area contributed by atoms with E-state index >= 15 is 0 Å². The Bertz CT molecular complexity index is 872. The van der Waals surface area contributed by atoms with Gasteiger partial charge in [0.15, 0.2) is 9.84 Å². The van der Waals surface area contributed by atoms with Crippen molar-refractivity contribution < 1.29 is 21.6 Å². The lowest BCUT2D eigenvalue weighted by Crippen LogP contribution is -2.42. The molecular weight excluding hydrogens is 376 g/mol. The lowest BCUT2D eigenvalue weighted by molar-refractivity contribution is -0.119. The summed E-state index contributed by atoms with van der Waals surface area (Å²) in [5, 5.41) is 2.38. The molecule has 7 nitrogen and oxygen atoms in total. The average molecular weight is 401 g/mol. The van der Waals surface area contributed by atoms with Crippen molar-refractivity contribution in [2.24, 2.45) is 0 Å². The monoisotopic (exact) mass is 400 g/mol. The van der Waals surface area contributed by atoms with Gasteiger partial charge in [-0.3, -0.25) is 4.79 Å². The van der Waals surface area contributed by atoms with Crippen LogP contribution in [0.2, 0.25) is 0 Å². The molecular formula is C17H24N2O5S2. The predicted molar refractivity (Wildman–Crippen MR) is 99.1 cm³/mol. The van der Waals surface area contributed by atoms with Crippen LogP contribution in [0.25, 0.3) is 0 Å². The Kier molecular flexibility index (Phi) is 5.41. The Hall–Kier alpha value is -1.45. The molecule has 1 aliphatic heterocycles. The molecule has 0 bridgehead atoms. The number of benzene rings is 1. The highest BCUT2D eigenvalue weighted by atomic mass is 32.2. The third-order valence-corrected chi connectivity index (χ3v) is 8.69. The maximum absolute atomic E-state index is 12.6. The molecule has 1 saturated heterocycles. The Morgan fingerprint density at radius 1 is 1.00 bits per heavy atom. The summed E-state index contributed by atoms with van der Waals surface area (Å²) >= 11 is 0. The Balaban J connectivity index is 1.70. The first-order chi connectivity index (χ1) is 12.2. The first kappa shape index (κ1) is 19.3. The van der Waals surface area contributed by atoms with Crippen molar-refractivity contribution in [2.45, 2.75) is 54.7 Å². The van der Waals surface area contributed by atoms with Crippen molar-refractivity contribution in [2.75, 3.05) is 18.1 Å². The van der Waals surface area contributed by atoms with Crippen molar-refractivity contribution >= 4 is 31.5 Å². The topological polar surface area (TPSA) is 101 Å². The van der Waals surface area contributed by atoms with E-state index in [1.807, 2.05) is 0 Å². The highest BCUT2D eigenvalue weighted by Crippen LogP contribution is 2.30. The second kappa shape index (κ2) is 7.28. The minimum atomic E-state index is -3.43. The molecule has 1 aromatic carbocycles. The number of sulfone groups is 1. The SMILES string of the molecule is CS(=O)(=O)N1CCCC1C(=O)Nc1ccc(S(=O)(=O)C2CCCC2)cc1. The van der Waals surface area contributed by atoms with Crippen molar-refractivity contribution in [1.82, 2.24) is 4.31 Å². The van der Waals surface area contributed by atoms with E-state index in [-0.39, 0.29) is 16.1 Å². The van der Waals surface area contributed by atoms with E-state index in [9.17, 15) is 21.6 Å². The quantitative estimate of drug-likeness (QED) is 0.812. The lowest BCUT2D eigenvalue weighted by atomic mass is 10.2. The van der Waals surface area contributed by atoms with Crippen LogP contribution in [0.1, 0.15) is 38.5 Å². The molecule has 1 atom stereocenters. The van der Waals surface area contributed by atoms with Crippen LogP contribution in [0.5, 0.6) is 0 Å². The number of anilines is 1. The zero-order chi connectivity index (χ0) is 18.9. The van der Waals surface area contributed by atoms with Crippen molar-refractivity contribution in [3.63, 3.8) is 0 Å². The Morgan fingerprint density at radius 2 is 1.62 bits per heavy atom. The van der Waals surface area contributed by atoms with Crippen LogP contribution in [0.15, 0.2) is 29.2 Å². The molecule has 0 aromatic heterocycles. The molecule has 2 aliphatic rings. The molecule has 2 fully saturated rings. The summed E-state index contributed by atoms with van der Waals surface area (Å²) < 4.78 is 49.9. The molecule has 0 radical (unpaired) electrons. The van der Waals surface area contributed by atoms with Crippen molar-refractivity contribution in [3.8, 4) is 0 Å². The van der Waals surface area contributed by atoms with Gasteiger partial charge in [0.05, 0.1) is 16.4 Å². The number of rotatable bonds is 5. The van der Waals surface area contributed by atoms with Crippen molar-refractivity contribution in [1.29, 1.82) is 0 Å². The van der Waals surface area contributed by atoms with Gasteiger partial charge in [-0.05, 0) is 49.9 Å². The molecule has 1 N–H and O–H groups in total. The molecule has 1 saturated carbocycles. The van der Waals surface area contributed by atoms with Gasteiger partial charge in [0.1, 0.15) is 6.04 Å². The average Bonchev–Trinajstić information content (AvgIpc) is 3.26. The molecule has 1 aromatic rings. The van der Waals surface area contributed by atoms with Gasteiger partial charge in [0.2, 0.25) is 15.9 Å². The molecule has 144 valence electrons. The fourth-order valence-electron chi connectivity index (χ4n) is 3.74. The number of sulfonamides is 1. The van der Waals surface area contributed by atoms with E-state index in [0.29, 0.717) is 37.9 Å². The highest BCUT2D eigenvalue weighted by Gasteiger charge is 2.36. The Morgan fingerprint density at radius 3 is 2.19 bits per heavy atom. The molecule has 3 rings (SSSR count). The van der Waals surface area contributed by atoms with E-state index in [0.717, 1.165) is 19.1 Å². The van der Waals surface area contributed by atoms with Crippen LogP contribution >= 0.6 is 0 Å². The van der Waals surface area contributed by atoms with Crippen LogP contribution in [0.3, 0.4) is 0 Å². The lowest BCUT2D eigenvalue weighted by Gasteiger charge is -2.21. The third kappa shape index (κ3) is 3.94.